The number of rotatable bonds is 3. The lowest BCUT2D eigenvalue weighted by Crippen LogP contribution is -2.49. The molecule has 2 amide bonds. The first-order valence-corrected chi connectivity index (χ1v) is 8.02. The first-order chi connectivity index (χ1) is 9.37. The van der Waals surface area contributed by atoms with Crippen molar-refractivity contribution in [2.75, 3.05) is 26.2 Å². The second-order valence-corrected chi connectivity index (χ2v) is 6.85. The number of piperidine rings is 1. The van der Waals surface area contributed by atoms with Crippen molar-refractivity contribution < 1.29 is 22.7 Å². The summed E-state index contributed by atoms with van der Waals surface area (Å²) in [6.45, 7) is 2.90. The van der Waals surface area contributed by atoms with E-state index in [0.717, 1.165) is 0 Å². The average Bonchev–Trinajstić information content (AvgIpc) is 2.70. The summed E-state index contributed by atoms with van der Waals surface area (Å²) in [6, 6.07) is 0. The molecule has 0 bridgehead atoms. The number of amides is 2. The fraction of sp³-hybridized carbons (Fsp3) is 0.818. The molecule has 0 aromatic rings. The van der Waals surface area contributed by atoms with E-state index in [1.165, 1.54) is 4.31 Å². The van der Waals surface area contributed by atoms with E-state index < -0.39 is 16.3 Å². The van der Waals surface area contributed by atoms with Gasteiger partial charge in [-0.25, -0.2) is 9.52 Å². The van der Waals surface area contributed by atoms with E-state index in [2.05, 4.69) is 10.1 Å². The molecule has 20 heavy (non-hydrogen) atoms. The summed E-state index contributed by atoms with van der Waals surface area (Å²) in [5.41, 5.74) is -0.132. The number of hydrogen-bond donors (Lipinski definition) is 2. The maximum Gasteiger partial charge on any atom is 0.421 e. The Kier molecular flexibility index (Phi) is 4.19. The Labute approximate surface area is 118 Å². The summed E-state index contributed by atoms with van der Waals surface area (Å²) in [5, 5.41) is 2.79. The molecule has 8 nitrogen and oxygen atoms in total. The first kappa shape index (κ1) is 15.0. The van der Waals surface area contributed by atoms with Crippen LogP contribution in [-0.4, -0.2) is 51.0 Å². The Morgan fingerprint density at radius 2 is 2.10 bits per heavy atom. The van der Waals surface area contributed by atoms with Gasteiger partial charge in [-0.3, -0.25) is 4.79 Å². The average molecular weight is 305 g/mol. The standard InChI is InChI=1S/C11H19N3O5S/c1-2-19-10(16)13-20(17,18)14-5-3-11(4-6-14)7-9(15)12-8-11/h2-8H2,1H3,(H,12,15)(H,13,16). The summed E-state index contributed by atoms with van der Waals surface area (Å²) in [7, 11) is -3.86. The molecule has 2 N–H and O–H groups in total. The van der Waals surface area contributed by atoms with E-state index in [-0.39, 0.29) is 17.9 Å². The molecule has 0 aromatic carbocycles. The molecular weight excluding hydrogens is 286 g/mol. The van der Waals surface area contributed by atoms with Crippen LogP contribution < -0.4 is 10.0 Å². The van der Waals surface area contributed by atoms with Crippen molar-refractivity contribution in [1.29, 1.82) is 0 Å². The summed E-state index contributed by atoms with van der Waals surface area (Å²) in [6.07, 6.45) is 0.697. The van der Waals surface area contributed by atoms with E-state index in [4.69, 9.17) is 0 Å². The predicted molar refractivity (Wildman–Crippen MR) is 69.9 cm³/mol. The SMILES string of the molecule is CCOC(=O)NS(=O)(=O)N1CCC2(CC1)CNC(=O)C2. The highest BCUT2D eigenvalue weighted by Gasteiger charge is 2.43. The molecule has 2 fully saturated rings. The van der Waals surface area contributed by atoms with Crippen LogP contribution in [0.25, 0.3) is 0 Å². The second-order valence-electron chi connectivity index (χ2n) is 5.18. The quantitative estimate of drug-likeness (QED) is 0.737. The molecule has 0 unspecified atom stereocenters. The Morgan fingerprint density at radius 3 is 2.60 bits per heavy atom. The van der Waals surface area contributed by atoms with Crippen molar-refractivity contribution in [1.82, 2.24) is 14.3 Å². The zero-order valence-electron chi connectivity index (χ0n) is 11.3. The second kappa shape index (κ2) is 5.57. The van der Waals surface area contributed by atoms with Gasteiger partial charge in [-0.05, 0) is 25.2 Å². The van der Waals surface area contributed by atoms with E-state index >= 15 is 0 Å². The van der Waals surface area contributed by atoms with E-state index in [1.807, 2.05) is 4.72 Å². The van der Waals surface area contributed by atoms with E-state index in [9.17, 15) is 18.0 Å². The van der Waals surface area contributed by atoms with Crippen LogP contribution in [0.1, 0.15) is 26.2 Å². The van der Waals surface area contributed by atoms with Crippen molar-refractivity contribution in [3.63, 3.8) is 0 Å². The minimum Gasteiger partial charge on any atom is -0.449 e. The van der Waals surface area contributed by atoms with Crippen LogP contribution in [0.3, 0.4) is 0 Å². The van der Waals surface area contributed by atoms with Gasteiger partial charge in [-0.15, -0.1) is 0 Å². The van der Waals surface area contributed by atoms with Gasteiger partial charge >= 0.3 is 16.3 Å². The first-order valence-electron chi connectivity index (χ1n) is 6.58. The maximum absolute atomic E-state index is 12.0. The third-order valence-corrected chi connectivity index (χ3v) is 5.28. The van der Waals surface area contributed by atoms with Crippen molar-refractivity contribution >= 4 is 22.2 Å². The molecular formula is C11H19N3O5S. The molecule has 9 heteroatoms. The maximum atomic E-state index is 12.0. The summed E-state index contributed by atoms with van der Waals surface area (Å²) in [5.74, 6) is 0.0194. The van der Waals surface area contributed by atoms with Crippen LogP contribution in [0.4, 0.5) is 4.79 Å². The molecule has 114 valence electrons. The van der Waals surface area contributed by atoms with Gasteiger partial charge in [0.1, 0.15) is 0 Å². The number of hydrogen-bond acceptors (Lipinski definition) is 5. The van der Waals surface area contributed by atoms with E-state index in [0.29, 0.717) is 38.9 Å². The smallest absolute Gasteiger partial charge is 0.421 e. The highest BCUT2D eigenvalue weighted by atomic mass is 32.2. The van der Waals surface area contributed by atoms with Gasteiger partial charge < -0.3 is 10.1 Å². The molecule has 0 aromatic heterocycles. The van der Waals surface area contributed by atoms with Gasteiger partial charge in [0, 0.05) is 26.1 Å². The van der Waals surface area contributed by atoms with Gasteiger partial charge in [0.25, 0.3) is 0 Å². The minimum absolute atomic E-state index is 0.0194. The molecule has 2 rings (SSSR count). The molecule has 0 saturated carbocycles. The van der Waals surface area contributed by atoms with Crippen LogP contribution in [0.5, 0.6) is 0 Å². The molecule has 0 aliphatic carbocycles. The zero-order chi connectivity index (χ0) is 14.8. The third kappa shape index (κ3) is 3.21. The lowest BCUT2D eigenvalue weighted by atomic mass is 9.78. The largest absolute Gasteiger partial charge is 0.449 e. The zero-order valence-corrected chi connectivity index (χ0v) is 12.2. The minimum atomic E-state index is -3.86. The summed E-state index contributed by atoms with van der Waals surface area (Å²) in [4.78, 5) is 22.5. The molecule has 2 aliphatic heterocycles. The van der Waals surface area contributed by atoms with Crippen LogP contribution in [0.15, 0.2) is 0 Å². The van der Waals surface area contributed by atoms with Crippen molar-refractivity contribution in [3.05, 3.63) is 0 Å². The highest BCUT2D eigenvalue weighted by molar-refractivity contribution is 7.87. The fourth-order valence-corrected chi connectivity index (χ4v) is 3.70. The predicted octanol–water partition coefficient (Wildman–Crippen LogP) is -0.421. The molecule has 2 heterocycles. The molecule has 0 atom stereocenters. The van der Waals surface area contributed by atoms with Crippen molar-refractivity contribution in [2.24, 2.45) is 5.41 Å². The molecule has 2 saturated heterocycles. The number of carbonyl (C=O) groups excluding carboxylic acids is 2. The Hall–Kier alpha value is -1.35. The van der Waals surface area contributed by atoms with Gasteiger partial charge in [0.2, 0.25) is 5.91 Å². The summed E-state index contributed by atoms with van der Waals surface area (Å²) >= 11 is 0. The number of ether oxygens (including phenoxy) is 1. The monoisotopic (exact) mass is 305 g/mol. The lowest BCUT2D eigenvalue weighted by Gasteiger charge is -2.37. The van der Waals surface area contributed by atoms with Crippen molar-refractivity contribution in [2.45, 2.75) is 26.2 Å². The Bertz CT molecular complexity index is 496. The normalized spacial score (nSPS) is 22.6. The number of nitrogens with zero attached hydrogens (tertiary/aromatic N) is 1. The van der Waals surface area contributed by atoms with Gasteiger partial charge in [0.05, 0.1) is 6.61 Å². The van der Waals surface area contributed by atoms with Gasteiger partial charge in [0.15, 0.2) is 0 Å². The topological polar surface area (TPSA) is 105 Å². The van der Waals surface area contributed by atoms with Crippen LogP contribution in [0.2, 0.25) is 0 Å². The molecule has 0 radical (unpaired) electrons. The van der Waals surface area contributed by atoms with Crippen LogP contribution >= 0.6 is 0 Å². The number of nitrogens with one attached hydrogen (secondary N) is 2. The van der Waals surface area contributed by atoms with Crippen LogP contribution in [-0.2, 0) is 19.7 Å². The van der Waals surface area contributed by atoms with Crippen LogP contribution in [0, 0.1) is 5.41 Å². The Balaban J connectivity index is 1.93. The van der Waals surface area contributed by atoms with Crippen molar-refractivity contribution in [3.8, 4) is 0 Å². The highest BCUT2D eigenvalue weighted by Crippen LogP contribution is 2.37. The number of carbonyl (C=O) groups is 2. The summed E-state index contributed by atoms with van der Waals surface area (Å²) < 4.78 is 31.6. The van der Waals surface area contributed by atoms with E-state index in [1.54, 1.807) is 6.92 Å². The fourth-order valence-electron chi connectivity index (χ4n) is 2.64. The molecule has 2 aliphatic rings. The molecule has 1 spiro atoms. The third-order valence-electron chi connectivity index (χ3n) is 3.81. The van der Waals surface area contributed by atoms with Gasteiger partial charge in [-0.1, -0.05) is 0 Å². The lowest BCUT2D eigenvalue weighted by molar-refractivity contribution is -0.119. The Morgan fingerprint density at radius 1 is 1.45 bits per heavy atom. The van der Waals surface area contributed by atoms with Gasteiger partial charge in [-0.2, -0.15) is 12.7 Å².